The van der Waals surface area contributed by atoms with E-state index in [4.69, 9.17) is 27.9 Å². The van der Waals surface area contributed by atoms with E-state index in [9.17, 15) is 27.6 Å². The molecule has 0 unspecified atom stereocenters. The normalized spacial score (nSPS) is 12.1. The van der Waals surface area contributed by atoms with Gasteiger partial charge < -0.3 is 10.1 Å². The maximum Gasteiger partial charge on any atom is 0.436 e. The number of hydrogen-bond donors (Lipinski definition) is 2. The van der Waals surface area contributed by atoms with Crippen molar-refractivity contribution in [1.29, 1.82) is 0 Å². The van der Waals surface area contributed by atoms with Gasteiger partial charge in [-0.05, 0) is 42.8 Å². The quantitative estimate of drug-likeness (QED) is 0.238. The number of ether oxygens (including phenoxy) is 1. The first-order chi connectivity index (χ1) is 20.4. The molecule has 1 atom stereocenters. The largest absolute Gasteiger partial charge is 0.495 e. The van der Waals surface area contributed by atoms with E-state index >= 15 is 0 Å². The summed E-state index contributed by atoms with van der Waals surface area (Å²) in [5, 5.41) is 9.74. The summed E-state index contributed by atoms with van der Waals surface area (Å²) in [5.41, 5.74) is 1.29. The highest BCUT2D eigenvalue weighted by Crippen LogP contribution is 2.36. The van der Waals surface area contributed by atoms with Crippen molar-refractivity contribution in [3.63, 3.8) is 0 Å². The number of pyridine rings is 1. The molecule has 0 aliphatic carbocycles. The molecule has 226 valence electrons. The summed E-state index contributed by atoms with van der Waals surface area (Å²) < 4.78 is 47.1. The van der Waals surface area contributed by atoms with Crippen molar-refractivity contribution in [2.75, 3.05) is 19.5 Å². The lowest BCUT2D eigenvalue weighted by molar-refractivity contribution is -0.141. The van der Waals surface area contributed by atoms with E-state index in [2.05, 4.69) is 25.9 Å². The standard InChI is InChI=1S/C27H23Cl2F3N6O5/c1-4-20(26(41)33-15-6-7-16(19(29)10-15)25(40)35-43-3)37-12-22(42-2)18(11-24(37)39)17-9-14(28)5-8-21(17)38-13-23(34-36-38)27(30,31)32/h5-13,20H,4H2,1-3H3,(H,33,41)(H,35,40)/t20-/m0/s1. The molecule has 43 heavy (non-hydrogen) atoms. The van der Waals surface area contributed by atoms with Gasteiger partial charge in [0.15, 0.2) is 5.69 Å². The molecule has 0 aliphatic heterocycles. The van der Waals surface area contributed by atoms with Crippen LogP contribution in [0.1, 0.15) is 35.4 Å². The van der Waals surface area contributed by atoms with Crippen molar-refractivity contribution in [2.24, 2.45) is 0 Å². The zero-order valence-corrected chi connectivity index (χ0v) is 24.2. The summed E-state index contributed by atoms with van der Waals surface area (Å²) >= 11 is 12.4. The Bertz CT molecular complexity index is 1740. The van der Waals surface area contributed by atoms with E-state index in [1.165, 1.54) is 67.4 Å². The Balaban J connectivity index is 1.70. The second kappa shape index (κ2) is 12.9. The Morgan fingerprint density at radius 2 is 1.79 bits per heavy atom. The van der Waals surface area contributed by atoms with E-state index < -0.39 is 35.3 Å². The summed E-state index contributed by atoms with van der Waals surface area (Å²) in [5.74, 6) is -1.01. The smallest absolute Gasteiger partial charge is 0.436 e. The van der Waals surface area contributed by atoms with Crippen LogP contribution in [0.5, 0.6) is 5.75 Å². The van der Waals surface area contributed by atoms with Crippen LogP contribution in [0.4, 0.5) is 18.9 Å². The molecule has 0 saturated heterocycles. The second-order valence-corrected chi connectivity index (χ2v) is 9.80. The van der Waals surface area contributed by atoms with Gasteiger partial charge >= 0.3 is 6.18 Å². The van der Waals surface area contributed by atoms with Crippen LogP contribution in [0.15, 0.2) is 59.7 Å². The van der Waals surface area contributed by atoms with Crippen molar-refractivity contribution in [3.8, 4) is 22.6 Å². The van der Waals surface area contributed by atoms with Crippen LogP contribution in [0, 0.1) is 0 Å². The number of carbonyl (C=O) groups excluding carboxylic acids is 2. The first-order valence-electron chi connectivity index (χ1n) is 12.4. The fraction of sp³-hybridized carbons (Fsp3) is 0.222. The first-order valence-corrected chi connectivity index (χ1v) is 13.2. The van der Waals surface area contributed by atoms with Gasteiger partial charge in [-0.2, -0.15) is 13.2 Å². The summed E-state index contributed by atoms with van der Waals surface area (Å²) in [6.45, 7) is 1.69. The van der Waals surface area contributed by atoms with Crippen LogP contribution in [-0.4, -0.2) is 45.6 Å². The van der Waals surface area contributed by atoms with Gasteiger partial charge in [-0.3, -0.25) is 23.8 Å². The van der Waals surface area contributed by atoms with Crippen LogP contribution in [0.25, 0.3) is 16.8 Å². The van der Waals surface area contributed by atoms with E-state index in [0.717, 1.165) is 4.68 Å². The third-order valence-electron chi connectivity index (χ3n) is 6.24. The van der Waals surface area contributed by atoms with Crippen LogP contribution in [0.3, 0.4) is 0 Å². The highest BCUT2D eigenvalue weighted by Gasteiger charge is 2.35. The number of rotatable bonds is 9. The molecule has 2 aromatic heterocycles. The Labute approximate surface area is 252 Å². The van der Waals surface area contributed by atoms with Crippen molar-refractivity contribution < 1.29 is 32.3 Å². The van der Waals surface area contributed by atoms with Gasteiger partial charge in [0.25, 0.3) is 11.5 Å². The van der Waals surface area contributed by atoms with Crippen molar-refractivity contribution in [1.82, 2.24) is 25.0 Å². The molecule has 4 rings (SSSR count). The Morgan fingerprint density at radius 1 is 1.05 bits per heavy atom. The predicted octanol–water partition coefficient (Wildman–Crippen LogP) is 5.31. The summed E-state index contributed by atoms with van der Waals surface area (Å²) in [7, 11) is 2.60. The lowest BCUT2D eigenvalue weighted by Gasteiger charge is -2.21. The number of methoxy groups -OCH3 is 1. The number of hydrogen-bond acceptors (Lipinski definition) is 7. The number of anilines is 1. The number of hydroxylamine groups is 1. The molecule has 0 fully saturated rings. The number of aromatic nitrogens is 4. The summed E-state index contributed by atoms with van der Waals surface area (Å²) in [4.78, 5) is 43.2. The summed E-state index contributed by atoms with van der Waals surface area (Å²) in [6, 6.07) is 8.73. The Kier molecular flexibility index (Phi) is 9.43. The van der Waals surface area contributed by atoms with Gasteiger partial charge in [0, 0.05) is 27.9 Å². The number of benzene rings is 2. The second-order valence-electron chi connectivity index (χ2n) is 8.95. The van der Waals surface area contributed by atoms with Gasteiger partial charge in [0.2, 0.25) is 5.91 Å². The summed E-state index contributed by atoms with van der Waals surface area (Å²) in [6.07, 6.45) is -2.49. The minimum absolute atomic E-state index is 0.0515. The molecule has 2 N–H and O–H groups in total. The SMILES string of the molecule is CC[C@@H](C(=O)Nc1ccc(C(=O)NOC)c(Cl)c1)n1cc(OC)c(-c2cc(Cl)ccc2-n2cc(C(F)(F)F)nn2)cc1=O. The van der Waals surface area contributed by atoms with E-state index in [0.29, 0.717) is 6.20 Å². The molecule has 2 amide bonds. The fourth-order valence-electron chi connectivity index (χ4n) is 4.24. The topological polar surface area (TPSA) is 129 Å². The average molecular weight is 639 g/mol. The average Bonchev–Trinajstić information content (AvgIpc) is 3.45. The predicted molar refractivity (Wildman–Crippen MR) is 152 cm³/mol. The zero-order valence-electron chi connectivity index (χ0n) is 22.7. The third-order valence-corrected chi connectivity index (χ3v) is 6.79. The van der Waals surface area contributed by atoms with Crippen LogP contribution >= 0.6 is 23.2 Å². The van der Waals surface area contributed by atoms with E-state index in [1.54, 1.807) is 6.92 Å². The van der Waals surface area contributed by atoms with Gasteiger partial charge in [0.05, 0.1) is 42.9 Å². The lowest BCUT2D eigenvalue weighted by atomic mass is 10.0. The molecule has 2 aromatic carbocycles. The molecule has 0 aliphatic rings. The molecule has 0 radical (unpaired) electrons. The molecule has 2 heterocycles. The van der Waals surface area contributed by atoms with Crippen molar-refractivity contribution >= 4 is 40.7 Å². The maximum atomic E-state index is 13.4. The number of amides is 2. The molecule has 4 aromatic rings. The van der Waals surface area contributed by atoms with Gasteiger partial charge in [0.1, 0.15) is 11.8 Å². The third kappa shape index (κ3) is 6.82. The number of alkyl halides is 3. The maximum absolute atomic E-state index is 13.4. The van der Waals surface area contributed by atoms with Crippen molar-refractivity contribution in [3.05, 3.63) is 86.5 Å². The van der Waals surface area contributed by atoms with Crippen LogP contribution < -0.4 is 21.1 Å². The zero-order chi connectivity index (χ0) is 31.5. The number of nitrogens with one attached hydrogen (secondary N) is 2. The molecule has 0 bridgehead atoms. The van der Waals surface area contributed by atoms with Crippen LogP contribution in [-0.2, 0) is 15.8 Å². The lowest BCUT2D eigenvalue weighted by Crippen LogP contribution is -2.32. The molecular weight excluding hydrogens is 616 g/mol. The molecule has 11 nitrogen and oxygen atoms in total. The number of carbonyl (C=O) groups is 2. The van der Waals surface area contributed by atoms with Gasteiger partial charge in [-0.25, -0.2) is 10.2 Å². The monoisotopic (exact) mass is 638 g/mol. The van der Waals surface area contributed by atoms with Crippen LogP contribution in [0.2, 0.25) is 10.0 Å². The minimum atomic E-state index is -4.72. The highest BCUT2D eigenvalue weighted by molar-refractivity contribution is 6.34. The minimum Gasteiger partial charge on any atom is -0.495 e. The number of nitrogens with zero attached hydrogens (tertiary/aromatic N) is 4. The molecule has 16 heteroatoms. The van der Waals surface area contributed by atoms with Gasteiger partial charge in [-0.15, -0.1) is 5.10 Å². The van der Waals surface area contributed by atoms with E-state index in [-0.39, 0.29) is 50.3 Å². The Hall–Kier alpha value is -4.40. The van der Waals surface area contributed by atoms with Gasteiger partial charge in [-0.1, -0.05) is 35.3 Å². The Morgan fingerprint density at radius 3 is 2.40 bits per heavy atom. The fourth-order valence-corrected chi connectivity index (χ4v) is 4.68. The molecule has 0 spiro atoms. The number of halogens is 5. The highest BCUT2D eigenvalue weighted by atomic mass is 35.5. The molecule has 0 saturated carbocycles. The molecular formula is C27H23Cl2F3N6O5. The van der Waals surface area contributed by atoms with E-state index in [1.807, 2.05) is 0 Å². The van der Waals surface area contributed by atoms with Crippen molar-refractivity contribution in [2.45, 2.75) is 25.6 Å². The first kappa shape index (κ1) is 31.5.